The largest absolute Gasteiger partial charge is 0.393 e. The Hall–Kier alpha value is -1.43. The number of nitrogens with zero attached hydrogens (tertiary/aromatic N) is 1. The molecule has 1 aliphatic heterocycles. The number of benzene rings is 1. The van der Waals surface area contributed by atoms with Crippen molar-refractivity contribution in [2.24, 2.45) is 5.92 Å². The Bertz CT molecular complexity index is 428. The lowest BCUT2D eigenvalue weighted by Gasteiger charge is -2.32. The van der Waals surface area contributed by atoms with Crippen LogP contribution in [-0.4, -0.2) is 41.7 Å². The van der Waals surface area contributed by atoms with Gasteiger partial charge in [0.05, 0.1) is 19.3 Å². The van der Waals surface area contributed by atoms with E-state index in [2.05, 4.69) is 10.4 Å². The number of hydroxylamine groups is 1. The molecular weight excluding hydrogens is 268 g/mol. The van der Waals surface area contributed by atoms with Crippen LogP contribution in [0.2, 0.25) is 0 Å². The molecule has 0 spiro atoms. The molecule has 1 fully saturated rings. The number of aliphatic hydroxyl groups excluding tert-OH is 1. The molecule has 1 atom stereocenters. The van der Waals surface area contributed by atoms with Gasteiger partial charge in [-0.1, -0.05) is 30.3 Å². The van der Waals surface area contributed by atoms with Gasteiger partial charge in [-0.25, -0.2) is 5.48 Å². The normalized spacial score (nSPS) is 18.4. The van der Waals surface area contributed by atoms with Gasteiger partial charge in [0.25, 0.3) is 5.91 Å². The molecule has 2 rings (SSSR count). The van der Waals surface area contributed by atoms with Crippen molar-refractivity contribution >= 4 is 5.91 Å². The molecule has 2 N–H and O–H groups in total. The molecule has 0 bridgehead atoms. The van der Waals surface area contributed by atoms with Crippen LogP contribution in [-0.2, 0) is 16.2 Å². The summed E-state index contributed by atoms with van der Waals surface area (Å²) in [4.78, 5) is 19.1. The van der Waals surface area contributed by atoms with E-state index in [4.69, 9.17) is 4.84 Å². The van der Waals surface area contributed by atoms with Crippen LogP contribution in [0, 0.1) is 5.92 Å². The van der Waals surface area contributed by atoms with E-state index in [1.165, 1.54) is 0 Å². The third-order valence-electron chi connectivity index (χ3n) is 3.95. The molecule has 1 heterocycles. The summed E-state index contributed by atoms with van der Waals surface area (Å²) in [5.41, 5.74) is 3.51. The number of rotatable bonds is 6. The molecule has 1 amide bonds. The van der Waals surface area contributed by atoms with E-state index in [1.807, 2.05) is 37.3 Å². The monoisotopic (exact) mass is 292 g/mol. The number of hydrogen-bond acceptors (Lipinski definition) is 4. The van der Waals surface area contributed by atoms with Crippen molar-refractivity contribution in [3.05, 3.63) is 35.9 Å². The van der Waals surface area contributed by atoms with Gasteiger partial charge in [0.15, 0.2) is 0 Å². The quantitative estimate of drug-likeness (QED) is 0.777. The number of amides is 1. The van der Waals surface area contributed by atoms with Gasteiger partial charge in [0, 0.05) is 0 Å². The zero-order chi connectivity index (χ0) is 15.1. The highest BCUT2D eigenvalue weighted by atomic mass is 16.6. The molecule has 5 nitrogen and oxygen atoms in total. The van der Waals surface area contributed by atoms with E-state index in [-0.39, 0.29) is 12.0 Å². The minimum absolute atomic E-state index is 0.124. The fraction of sp³-hybridized carbons (Fsp3) is 0.562. The van der Waals surface area contributed by atoms with Gasteiger partial charge in [0.2, 0.25) is 0 Å². The van der Waals surface area contributed by atoms with Crippen LogP contribution < -0.4 is 5.48 Å². The Balaban J connectivity index is 1.62. The summed E-state index contributed by atoms with van der Waals surface area (Å²) >= 11 is 0. The molecule has 21 heavy (non-hydrogen) atoms. The van der Waals surface area contributed by atoms with Gasteiger partial charge in [-0.2, -0.15) is 0 Å². The first-order valence-electron chi connectivity index (χ1n) is 7.50. The van der Waals surface area contributed by atoms with Crippen molar-refractivity contribution in [1.82, 2.24) is 10.4 Å². The van der Waals surface area contributed by atoms with Crippen LogP contribution in [0.25, 0.3) is 0 Å². The van der Waals surface area contributed by atoms with E-state index in [9.17, 15) is 9.90 Å². The molecule has 1 saturated heterocycles. The number of piperidine rings is 1. The van der Waals surface area contributed by atoms with Gasteiger partial charge in [-0.15, -0.1) is 0 Å². The molecule has 1 aromatic rings. The molecule has 1 unspecified atom stereocenters. The highest BCUT2D eigenvalue weighted by Crippen LogP contribution is 2.20. The number of likely N-dealkylation sites (tertiary alicyclic amines) is 1. The molecule has 1 aromatic carbocycles. The summed E-state index contributed by atoms with van der Waals surface area (Å²) in [5.74, 6) is 0.236. The predicted molar refractivity (Wildman–Crippen MR) is 80.2 cm³/mol. The number of carbonyl (C=O) groups excluding carboxylic acids is 1. The second-order valence-corrected chi connectivity index (χ2v) is 5.65. The van der Waals surface area contributed by atoms with E-state index >= 15 is 0 Å². The van der Waals surface area contributed by atoms with E-state index in [1.54, 1.807) is 0 Å². The predicted octanol–water partition coefficient (Wildman–Crippen LogP) is 1.33. The van der Waals surface area contributed by atoms with Crippen molar-refractivity contribution in [2.75, 3.05) is 19.6 Å². The summed E-state index contributed by atoms with van der Waals surface area (Å²) < 4.78 is 0. The van der Waals surface area contributed by atoms with Crippen LogP contribution in [0.3, 0.4) is 0 Å². The summed E-state index contributed by atoms with van der Waals surface area (Å²) in [6.07, 6.45) is 1.63. The van der Waals surface area contributed by atoms with E-state index in [0.717, 1.165) is 31.5 Å². The summed E-state index contributed by atoms with van der Waals surface area (Å²) in [6.45, 7) is 4.26. The Morgan fingerprint density at radius 2 is 2.05 bits per heavy atom. The maximum atomic E-state index is 11.8. The molecular formula is C16H24N2O3. The molecule has 0 aliphatic carbocycles. The minimum Gasteiger partial charge on any atom is -0.393 e. The maximum Gasteiger partial charge on any atom is 0.257 e. The molecule has 0 radical (unpaired) electrons. The van der Waals surface area contributed by atoms with Crippen molar-refractivity contribution in [1.29, 1.82) is 0 Å². The van der Waals surface area contributed by atoms with Crippen molar-refractivity contribution in [3.8, 4) is 0 Å². The molecule has 1 aliphatic rings. The Morgan fingerprint density at radius 3 is 2.67 bits per heavy atom. The number of carbonyl (C=O) groups is 1. The number of aliphatic hydroxyl groups is 1. The lowest BCUT2D eigenvalue weighted by molar-refractivity contribution is -0.136. The first kappa shape index (κ1) is 15.9. The molecule has 116 valence electrons. The van der Waals surface area contributed by atoms with Crippen LogP contribution in [0.15, 0.2) is 30.3 Å². The van der Waals surface area contributed by atoms with E-state index < -0.39 is 0 Å². The van der Waals surface area contributed by atoms with Crippen LogP contribution in [0.5, 0.6) is 0 Å². The van der Waals surface area contributed by atoms with Crippen LogP contribution in [0.1, 0.15) is 25.3 Å². The number of hydrogen-bond donors (Lipinski definition) is 2. The zero-order valence-corrected chi connectivity index (χ0v) is 12.5. The topological polar surface area (TPSA) is 61.8 Å². The van der Waals surface area contributed by atoms with Crippen LogP contribution >= 0.6 is 0 Å². The smallest absolute Gasteiger partial charge is 0.257 e. The third-order valence-corrected chi connectivity index (χ3v) is 3.95. The van der Waals surface area contributed by atoms with Crippen molar-refractivity contribution in [2.45, 2.75) is 32.5 Å². The third kappa shape index (κ3) is 5.46. The Morgan fingerprint density at radius 1 is 1.38 bits per heavy atom. The van der Waals surface area contributed by atoms with Crippen molar-refractivity contribution < 1.29 is 14.7 Å². The maximum absolute atomic E-state index is 11.8. The van der Waals surface area contributed by atoms with E-state index in [0.29, 0.717) is 19.1 Å². The van der Waals surface area contributed by atoms with Gasteiger partial charge in [-0.3, -0.25) is 14.5 Å². The van der Waals surface area contributed by atoms with Gasteiger partial charge in [0.1, 0.15) is 0 Å². The zero-order valence-electron chi connectivity index (χ0n) is 12.5. The summed E-state index contributed by atoms with van der Waals surface area (Å²) in [5, 5.41) is 9.55. The molecule has 0 saturated carbocycles. The Kier molecular flexibility index (Phi) is 6.17. The summed E-state index contributed by atoms with van der Waals surface area (Å²) in [7, 11) is 0. The fourth-order valence-electron chi connectivity index (χ4n) is 2.60. The lowest BCUT2D eigenvalue weighted by atomic mass is 9.92. The highest BCUT2D eigenvalue weighted by Gasteiger charge is 2.23. The second kappa shape index (κ2) is 8.12. The van der Waals surface area contributed by atoms with Gasteiger partial charge in [-0.05, 0) is 44.3 Å². The first-order valence-corrected chi connectivity index (χ1v) is 7.50. The molecule has 0 aromatic heterocycles. The SMILES string of the molecule is CC(O)C1CCN(CC(=O)NOCc2ccccc2)CC1. The average Bonchev–Trinajstić information content (AvgIpc) is 2.49. The standard InChI is InChI=1S/C16H24N2O3/c1-13(19)15-7-9-18(10-8-15)11-16(20)17-21-12-14-5-3-2-4-6-14/h2-6,13,15,19H,7-12H2,1H3,(H,17,20). The number of nitrogens with one attached hydrogen (secondary N) is 1. The summed E-state index contributed by atoms with van der Waals surface area (Å²) in [6, 6.07) is 9.72. The van der Waals surface area contributed by atoms with Crippen LogP contribution in [0.4, 0.5) is 0 Å². The highest BCUT2D eigenvalue weighted by molar-refractivity contribution is 5.76. The lowest BCUT2D eigenvalue weighted by Crippen LogP contribution is -2.42. The van der Waals surface area contributed by atoms with Gasteiger partial charge < -0.3 is 5.11 Å². The van der Waals surface area contributed by atoms with Gasteiger partial charge >= 0.3 is 0 Å². The second-order valence-electron chi connectivity index (χ2n) is 5.65. The minimum atomic E-state index is -0.254. The van der Waals surface area contributed by atoms with Crippen molar-refractivity contribution in [3.63, 3.8) is 0 Å². The fourth-order valence-corrected chi connectivity index (χ4v) is 2.60. The first-order chi connectivity index (χ1) is 10.1. The molecule has 5 heteroatoms. The average molecular weight is 292 g/mol. The Labute approximate surface area is 125 Å².